The zero-order valence-electron chi connectivity index (χ0n) is 26.0. The van der Waals surface area contributed by atoms with Crippen LogP contribution in [0.3, 0.4) is 0 Å². The molecular weight excluding hydrogens is 662 g/mol. The molecule has 14 heteroatoms. The quantitative estimate of drug-likeness (QED) is 0.260. The van der Waals surface area contributed by atoms with E-state index in [1.807, 2.05) is 30.3 Å². The second-order valence-corrected chi connectivity index (χ2v) is 13.2. The Bertz CT molecular complexity index is 1070. The van der Waals surface area contributed by atoms with Crippen molar-refractivity contribution in [1.82, 2.24) is 0 Å². The predicted octanol–water partition coefficient (Wildman–Crippen LogP) is 9.51. The van der Waals surface area contributed by atoms with E-state index in [0.717, 1.165) is 5.56 Å². The number of halogens is 10. The van der Waals surface area contributed by atoms with E-state index in [2.05, 4.69) is 4.74 Å². The number of hydrogen-bond donors (Lipinski definition) is 1. The summed E-state index contributed by atoms with van der Waals surface area (Å²) in [5.74, 6) is -3.22. The summed E-state index contributed by atoms with van der Waals surface area (Å²) in [6.45, 7) is 0.306. The van der Waals surface area contributed by atoms with Gasteiger partial charge < -0.3 is 19.3 Å². The second kappa shape index (κ2) is 18.0. The third-order valence-electron chi connectivity index (χ3n) is 9.60. The van der Waals surface area contributed by atoms with Crippen molar-refractivity contribution in [3.63, 3.8) is 0 Å². The van der Waals surface area contributed by atoms with E-state index in [9.17, 15) is 49.0 Å². The first kappa shape index (κ1) is 40.8. The molecule has 1 aromatic carbocycles. The Balaban J connectivity index is 0.000000266. The molecule has 0 aliphatic heterocycles. The summed E-state index contributed by atoms with van der Waals surface area (Å²) in [4.78, 5) is 0. The normalized spacial score (nSPS) is 37.9. The number of rotatable bonds is 9. The monoisotopic (exact) mass is 710 g/mol. The van der Waals surface area contributed by atoms with Crippen LogP contribution in [0.5, 0.6) is 0 Å². The maximum absolute atomic E-state index is 14.4. The standard InChI is InChI=1S/C20H25F5O2.C13H19F5O2.CH4/c21-17-9-7-15(11-19(17)23)27-20(24,25)16-8-6-14(10-18(16)22)26-12-13-4-2-1-3-5-13;14-10-4-2-8(6-12(10)16)20-13(17,18)9-3-1-7(19)5-11(9)15;/h1-5,14-19H,6-12H2;7-12,19H,1-6H2;1H4. The minimum atomic E-state index is -3.72. The Hall–Kier alpha value is -1.64. The van der Waals surface area contributed by atoms with E-state index >= 15 is 0 Å². The van der Waals surface area contributed by atoms with Crippen molar-refractivity contribution in [2.45, 2.75) is 165 Å². The van der Waals surface area contributed by atoms with E-state index in [-0.39, 0.29) is 65.2 Å². The minimum absolute atomic E-state index is 0. The molecule has 12 atom stereocenters. The molecule has 0 saturated heterocycles. The van der Waals surface area contributed by atoms with Crippen LogP contribution in [0.2, 0.25) is 0 Å². The molecule has 0 amide bonds. The van der Waals surface area contributed by atoms with E-state index in [1.54, 1.807) is 0 Å². The molecule has 278 valence electrons. The summed E-state index contributed by atoms with van der Waals surface area (Å²) in [6, 6.07) is 9.36. The molecule has 4 fully saturated rings. The Kier molecular flexibility index (Phi) is 15.3. The van der Waals surface area contributed by atoms with Crippen molar-refractivity contribution >= 4 is 0 Å². The van der Waals surface area contributed by atoms with Gasteiger partial charge in [0.1, 0.15) is 37.0 Å². The molecule has 4 aliphatic carbocycles. The Morgan fingerprint density at radius 3 is 1.44 bits per heavy atom. The van der Waals surface area contributed by atoms with Crippen molar-refractivity contribution in [3.05, 3.63) is 35.9 Å². The molecule has 4 nitrogen and oxygen atoms in total. The molecule has 0 heterocycles. The SMILES string of the molecule is C.FC1CCC(OC(F)(F)C2CCC(OCc3ccccc3)CC2F)CC1F.OC1CCC(C(F)(F)OC2CCC(F)C(F)C2)C(F)C1. The number of benzene rings is 1. The highest BCUT2D eigenvalue weighted by Gasteiger charge is 2.52. The highest BCUT2D eigenvalue weighted by atomic mass is 19.3. The summed E-state index contributed by atoms with van der Waals surface area (Å²) in [7, 11) is 0. The van der Waals surface area contributed by atoms with Gasteiger partial charge in [0, 0.05) is 25.7 Å². The lowest BCUT2D eigenvalue weighted by atomic mass is 9.84. The molecule has 1 aromatic rings. The first-order valence-corrected chi connectivity index (χ1v) is 16.4. The maximum atomic E-state index is 14.4. The number of aliphatic hydroxyl groups excluding tert-OH is 1. The van der Waals surface area contributed by atoms with Gasteiger partial charge in [-0.1, -0.05) is 37.8 Å². The predicted molar refractivity (Wildman–Crippen MR) is 159 cm³/mol. The van der Waals surface area contributed by atoms with Gasteiger partial charge in [-0.2, -0.15) is 17.6 Å². The van der Waals surface area contributed by atoms with Gasteiger partial charge in [0.25, 0.3) is 0 Å². The molecule has 4 aliphatic rings. The first-order valence-electron chi connectivity index (χ1n) is 16.4. The van der Waals surface area contributed by atoms with Crippen LogP contribution in [-0.2, 0) is 20.8 Å². The van der Waals surface area contributed by atoms with E-state index in [1.165, 1.54) is 0 Å². The molecule has 0 bridgehead atoms. The maximum Gasteiger partial charge on any atom is 0.361 e. The summed E-state index contributed by atoms with van der Waals surface area (Å²) >= 11 is 0. The Morgan fingerprint density at radius 2 is 0.979 bits per heavy atom. The van der Waals surface area contributed by atoms with Crippen LogP contribution in [-0.4, -0.2) is 78.8 Å². The lowest BCUT2D eigenvalue weighted by Crippen LogP contribution is -2.46. The zero-order chi connectivity index (χ0) is 34.4. The van der Waals surface area contributed by atoms with Crippen molar-refractivity contribution in [2.24, 2.45) is 11.8 Å². The fourth-order valence-electron chi connectivity index (χ4n) is 6.79. The fraction of sp³-hybridized carbons (Fsp3) is 0.824. The van der Waals surface area contributed by atoms with Gasteiger partial charge in [-0.3, -0.25) is 0 Å². The summed E-state index contributed by atoms with van der Waals surface area (Å²) in [5, 5.41) is 9.23. The molecule has 0 spiro atoms. The third-order valence-corrected chi connectivity index (χ3v) is 9.60. The largest absolute Gasteiger partial charge is 0.393 e. The van der Waals surface area contributed by atoms with Gasteiger partial charge in [0.15, 0.2) is 0 Å². The molecule has 0 radical (unpaired) electrons. The van der Waals surface area contributed by atoms with Crippen LogP contribution < -0.4 is 0 Å². The van der Waals surface area contributed by atoms with Gasteiger partial charge in [0.2, 0.25) is 0 Å². The molecule has 12 unspecified atom stereocenters. The molecular formula is C34H48F10O4. The topological polar surface area (TPSA) is 47.9 Å². The zero-order valence-corrected chi connectivity index (χ0v) is 26.0. The van der Waals surface area contributed by atoms with Crippen molar-refractivity contribution in [1.29, 1.82) is 0 Å². The first-order chi connectivity index (χ1) is 22.1. The van der Waals surface area contributed by atoms with E-state index in [4.69, 9.17) is 9.47 Å². The van der Waals surface area contributed by atoms with Gasteiger partial charge in [-0.05, 0) is 56.9 Å². The Morgan fingerprint density at radius 1 is 0.542 bits per heavy atom. The Labute approximate surface area is 275 Å². The summed E-state index contributed by atoms with van der Waals surface area (Å²) in [6.07, 6.45) is -22.9. The van der Waals surface area contributed by atoms with Crippen molar-refractivity contribution in [2.75, 3.05) is 0 Å². The molecule has 48 heavy (non-hydrogen) atoms. The van der Waals surface area contributed by atoms with E-state index in [0.29, 0.717) is 13.0 Å². The number of ether oxygens (including phenoxy) is 3. The van der Waals surface area contributed by atoms with Gasteiger partial charge in [-0.15, -0.1) is 0 Å². The molecule has 4 saturated carbocycles. The minimum Gasteiger partial charge on any atom is -0.393 e. The average molecular weight is 711 g/mol. The molecule has 5 rings (SSSR count). The number of hydrogen-bond acceptors (Lipinski definition) is 4. The van der Waals surface area contributed by atoms with Gasteiger partial charge in [0.05, 0.1) is 42.9 Å². The molecule has 1 N–H and O–H groups in total. The van der Waals surface area contributed by atoms with Crippen LogP contribution in [0.4, 0.5) is 43.9 Å². The van der Waals surface area contributed by atoms with Gasteiger partial charge >= 0.3 is 12.2 Å². The highest BCUT2D eigenvalue weighted by molar-refractivity contribution is 5.13. The van der Waals surface area contributed by atoms with Crippen molar-refractivity contribution < 1.29 is 63.2 Å². The number of aliphatic hydroxyl groups is 1. The summed E-state index contributed by atoms with van der Waals surface area (Å²) in [5.41, 5.74) is 0.938. The third kappa shape index (κ3) is 11.4. The van der Waals surface area contributed by atoms with Crippen LogP contribution >= 0.6 is 0 Å². The van der Waals surface area contributed by atoms with Crippen LogP contribution in [0.1, 0.15) is 90.0 Å². The van der Waals surface area contributed by atoms with E-state index < -0.39 is 98.3 Å². The lowest BCUT2D eigenvalue weighted by molar-refractivity contribution is -0.313. The van der Waals surface area contributed by atoms with Gasteiger partial charge in [-0.25, -0.2) is 26.3 Å². The smallest absolute Gasteiger partial charge is 0.361 e. The summed E-state index contributed by atoms with van der Waals surface area (Å²) < 4.78 is 152. The van der Waals surface area contributed by atoms with Crippen LogP contribution in [0.15, 0.2) is 30.3 Å². The highest BCUT2D eigenvalue weighted by Crippen LogP contribution is 2.43. The van der Waals surface area contributed by atoms with Crippen LogP contribution in [0.25, 0.3) is 0 Å². The second-order valence-electron chi connectivity index (χ2n) is 13.2. The van der Waals surface area contributed by atoms with Crippen molar-refractivity contribution in [3.8, 4) is 0 Å². The van der Waals surface area contributed by atoms with Crippen LogP contribution in [0, 0.1) is 11.8 Å². The fourth-order valence-corrected chi connectivity index (χ4v) is 6.79. The lowest BCUT2D eigenvalue weighted by Gasteiger charge is -2.38. The number of alkyl halides is 10. The molecule has 0 aromatic heterocycles. The average Bonchev–Trinajstić information content (AvgIpc) is 3.00.